The fourth-order valence-electron chi connectivity index (χ4n) is 3.04. The first-order valence-electron chi connectivity index (χ1n) is 8.35. The van der Waals surface area contributed by atoms with Gasteiger partial charge in [-0.2, -0.15) is 0 Å². The van der Waals surface area contributed by atoms with Crippen LogP contribution in [0.2, 0.25) is 0 Å². The molecule has 0 bridgehead atoms. The molecule has 3 rings (SSSR count). The zero-order valence-corrected chi connectivity index (χ0v) is 12.6. The second kappa shape index (κ2) is 6.97. The first kappa shape index (κ1) is 14.4. The summed E-state index contributed by atoms with van der Waals surface area (Å²) in [5.41, 5.74) is 0.867. The van der Waals surface area contributed by atoms with E-state index in [2.05, 4.69) is 5.32 Å². The van der Waals surface area contributed by atoms with E-state index in [0.29, 0.717) is 0 Å². The molecule has 3 heteroatoms. The van der Waals surface area contributed by atoms with Crippen molar-refractivity contribution in [2.75, 3.05) is 11.9 Å². The number of ether oxygens (including phenoxy) is 1. The predicted molar refractivity (Wildman–Crippen MR) is 84.5 cm³/mol. The number of amides is 1. The van der Waals surface area contributed by atoms with Crippen LogP contribution in [0.25, 0.3) is 0 Å². The Labute approximate surface area is 127 Å². The molecule has 1 N–H and O–H groups in total. The van der Waals surface area contributed by atoms with Gasteiger partial charge in [0.15, 0.2) is 0 Å². The number of nitrogens with one attached hydrogen (secondary N) is 1. The number of benzene rings is 1. The van der Waals surface area contributed by atoms with Crippen LogP contribution in [0.15, 0.2) is 24.3 Å². The zero-order valence-electron chi connectivity index (χ0n) is 12.6. The first-order valence-corrected chi connectivity index (χ1v) is 8.35. The molecular weight excluding hydrogens is 262 g/mol. The third-order valence-electron chi connectivity index (χ3n) is 4.59. The molecule has 2 saturated carbocycles. The molecule has 2 aliphatic rings. The second-order valence-electron chi connectivity index (χ2n) is 6.43. The lowest BCUT2D eigenvalue weighted by Gasteiger charge is -2.21. The van der Waals surface area contributed by atoms with E-state index in [-0.39, 0.29) is 11.8 Å². The molecule has 0 aromatic heterocycles. The van der Waals surface area contributed by atoms with Crippen molar-refractivity contribution in [2.45, 2.75) is 51.4 Å². The minimum absolute atomic E-state index is 0.154. The van der Waals surface area contributed by atoms with E-state index < -0.39 is 0 Å². The largest absolute Gasteiger partial charge is 0.494 e. The van der Waals surface area contributed by atoms with Crippen LogP contribution < -0.4 is 10.1 Å². The summed E-state index contributed by atoms with van der Waals surface area (Å²) in [6, 6.07) is 7.75. The molecule has 0 saturated heterocycles. The smallest absolute Gasteiger partial charge is 0.227 e. The van der Waals surface area contributed by atoms with Crippen LogP contribution in [0, 0.1) is 11.8 Å². The standard InChI is InChI=1S/C18H25NO2/c20-18(15-6-7-15)19-16-8-10-17(11-9-16)21-13-12-14-4-2-1-3-5-14/h8-11,14-15H,1-7,12-13H2,(H,19,20). The molecule has 0 heterocycles. The third-order valence-corrected chi connectivity index (χ3v) is 4.59. The molecule has 1 amide bonds. The molecule has 0 aliphatic heterocycles. The highest BCUT2D eigenvalue weighted by Gasteiger charge is 2.29. The number of anilines is 1. The van der Waals surface area contributed by atoms with Crippen molar-refractivity contribution in [2.24, 2.45) is 11.8 Å². The van der Waals surface area contributed by atoms with Crippen LogP contribution in [0.5, 0.6) is 5.75 Å². The van der Waals surface area contributed by atoms with Gasteiger partial charge in [0, 0.05) is 11.6 Å². The minimum atomic E-state index is 0.154. The van der Waals surface area contributed by atoms with Crippen molar-refractivity contribution in [3.8, 4) is 5.75 Å². The second-order valence-corrected chi connectivity index (χ2v) is 6.43. The fraction of sp³-hybridized carbons (Fsp3) is 0.611. The first-order chi connectivity index (χ1) is 10.3. The Morgan fingerprint density at radius 2 is 1.76 bits per heavy atom. The molecular formula is C18H25NO2. The molecule has 114 valence electrons. The number of carbonyl (C=O) groups is 1. The molecule has 0 radical (unpaired) electrons. The van der Waals surface area contributed by atoms with Gasteiger partial charge in [0.2, 0.25) is 5.91 Å². The Balaban J connectivity index is 1.40. The van der Waals surface area contributed by atoms with Crippen molar-refractivity contribution >= 4 is 11.6 Å². The van der Waals surface area contributed by atoms with E-state index >= 15 is 0 Å². The molecule has 0 atom stereocenters. The van der Waals surface area contributed by atoms with Crippen molar-refractivity contribution in [1.29, 1.82) is 0 Å². The summed E-state index contributed by atoms with van der Waals surface area (Å²) < 4.78 is 5.82. The summed E-state index contributed by atoms with van der Waals surface area (Å²) in [7, 11) is 0. The molecule has 2 fully saturated rings. The van der Waals surface area contributed by atoms with Crippen LogP contribution in [-0.2, 0) is 4.79 Å². The summed E-state index contributed by atoms with van der Waals surface area (Å²) >= 11 is 0. The predicted octanol–water partition coefficient (Wildman–Crippen LogP) is 4.38. The highest BCUT2D eigenvalue weighted by Crippen LogP contribution is 2.30. The van der Waals surface area contributed by atoms with E-state index in [9.17, 15) is 4.79 Å². The Morgan fingerprint density at radius 1 is 1.05 bits per heavy atom. The van der Waals surface area contributed by atoms with Crippen molar-refractivity contribution < 1.29 is 9.53 Å². The van der Waals surface area contributed by atoms with E-state index in [1.165, 1.54) is 38.5 Å². The topological polar surface area (TPSA) is 38.3 Å². The molecule has 0 unspecified atom stereocenters. The number of hydrogen-bond acceptors (Lipinski definition) is 2. The van der Waals surface area contributed by atoms with E-state index in [1.54, 1.807) is 0 Å². The van der Waals surface area contributed by atoms with Crippen LogP contribution in [0.4, 0.5) is 5.69 Å². The quantitative estimate of drug-likeness (QED) is 0.843. The van der Waals surface area contributed by atoms with Gasteiger partial charge in [-0.3, -0.25) is 4.79 Å². The van der Waals surface area contributed by atoms with Gasteiger partial charge in [-0.15, -0.1) is 0 Å². The van der Waals surface area contributed by atoms with Gasteiger partial charge in [0.05, 0.1) is 6.61 Å². The van der Waals surface area contributed by atoms with E-state index in [0.717, 1.165) is 36.8 Å². The number of carbonyl (C=O) groups excluding carboxylic acids is 1. The van der Waals surface area contributed by atoms with Gasteiger partial charge in [-0.25, -0.2) is 0 Å². The SMILES string of the molecule is O=C(Nc1ccc(OCCC2CCCCC2)cc1)C1CC1. The lowest BCUT2D eigenvalue weighted by Crippen LogP contribution is -2.13. The van der Waals surface area contributed by atoms with E-state index in [4.69, 9.17) is 4.74 Å². The maximum Gasteiger partial charge on any atom is 0.227 e. The highest BCUT2D eigenvalue weighted by molar-refractivity contribution is 5.94. The van der Waals surface area contributed by atoms with Crippen LogP contribution in [0.3, 0.4) is 0 Å². The lowest BCUT2D eigenvalue weighted by atomic mass is 9.87. The monoisotopic (exact) mass is 287 g/mol. The third kappa shape index (κ3) is 4.48. The maximum atomic E-state index is 11.7. The number of rotatable bonds is 6. The Kier molecular flexibility index (Phi) is 4.79. The summed E-state index contributed by atoms with van der Waals surface area (Å²) in [6.45, 7) is 0.804. The van der Waals surface area contributed by atoms with Crippen LogP contribution >= 0.6 is 0 Å². The van der Waals surface area contributed by atoms with Crippen LogP contribution in [-0.4, -0.2) is 12.5 Å². The molecule has 1 aromatic rings. The molecule has 2 aliphatic carbocycles. The van der Waals surface area contributed by atoms with Crippen molar-refractivity contribution in [3.63, 3.8) is 0 Å². The summed E-state index contributed by atoms with van der Waals surface area (Å²) in [5, 5.41) is 2.94. The van der Waals surface area contributed by atoms with E-state index in [1.807, 2.05) is 24.3 Å². The average Bonchev–Trinajstić information content (AvgIpc) is 3.35. The molecule has 21 heavy (non-hydrogen) atoms. The van der Waals surface area contributed by atoms with Gasteiger partial charge in [-0.05, 0) is 49.4 Å². The normalized spacial score (nSPS) is 19.2. The minimum Gasteiger partial charge on any atom is -0.494 e. The highest BCUT2D eigenvalue weighted by atomic mass is 16.5. The van der Waals surface area contributed by atoms with Gasteiger partial charge in [-0.1, -0.05) is 32.1 Å². The molecule has 1 aromatic carbocycles. The maximum absolute atomic E-state index is 11.7. The Bertz CT molecular complexity index is 459. The number of hydrogen-bond donors (Lipinski definition) is 1. The fourth-order valence-corrected chi connectivity index (χ4v) is 3.04. The average molecular weight is 287 g/mol. The van der Waals surface area contributed by atoms with Crippen LogP contribution in [0.1, 0.15) is 51.4 Å². The zero-order chi connectivity index (χ0) is 14.5. The summed E-state index contributed by atoms with van der Waals surface area (Å²) in [5.74, 6) is 2.16. The summed E-state index contributed by atoms with van der Waals surface area (Å²) in [6.07, 6.45) is 10.2. The summed E-state index contributed by atoms with van der Waals surface area (Å²) in [4.78, 5) is 11.7. The van der Waals surface area contributed by atoms with Gasteiger partial charge in [0.1, 0.15) is 5.75 Å². The molecule has 0 spiro atoms. The Morgan fingerprint density at radius 3 is 2.43 bits per heavy atom. The lowest BCUT2D eigenvalue weighted by molar-refractivity contribution is -0.117. The Hall–Kier alpha value is -1.51. The molecule has 3 nitrogen and oxygen atoms in total. The van der Waals surface area contributed by atoms with Crippen molar-refractivity contribution in [3.05, 3.63) is 24.3 Å². The van der Waals surface area contributed by atoms with Gasteiger partial charge >= 0.3 is 0 Å². The van der Waals surface area contributed by atoms with Gasteiger partial charge < -0.3 is 10.1 Å². The van der Waals surface area contributed by atoms with Crippen molar-refractivity contribution in [1.82, 2.24) is 0 Å². The van der Waals surface area contributed by atoms with Gasteiger partial charge in [0.25, 0.3) is 0 Å².